The zero-order valence-corrected chi connectivity index (χ0v) is 14.5. The van der Waals surface area contributed by atoms with Gasteiger partial charge in [0, 0.05) is 15.6 Å². The zero-order chi connectivity index (χ0) is 15.5. The Morgan fingerprint density at radius 1 is 1.00 bits per heavy atom. The van der Waals surface area contributed by atoms with Gasteiger partial charge in [-0.2, -0.15) is 0 Å². The molecule has 2 nitrogen and oxygen atoms in total. The molecule has 0 aromatic heterocycles. The SMILES string of the molecule is CCC(CC)(CC)NC(=O)c1ccc2cc(Br)ccc2c1. The maximum atomic E-state index is 12.5. The third-order valence-corrected chi connectivity index (χ3v) is 4.97. The van der Waals surface area contributed by atoms with Gasteiger partial charge in [0.15, 0.2) is 0 Å². The number of carbonyl (C=O) groups excluding carboxylic acids is 1. The third-order valence-electron chi connectivity index (χ3n) is 4.47. The number of halogens is 1. The van der Waals surface area contributed by atoms with Crippen molar-refractivity contribution < 1.29 is 4.79 Å². The molecular weight excluding hydrogens is 326 g/mol. The van der Waals surface area contributed by atoms with Crippen molar-refractivity contribution in [2.24, 2.45) is 0 Å². The highest BCUT2D eigenvalue weighted by Gasteiger charge is 2.26. The van der Waals surface area contributed by atoms with Gasteiger partial charge in [-0.1, -0.05) is 48.8 Å². The molecule has 2 aromatic rings. The topological polar surface area (TPSA) is 29.1 Å². The first-order valence-corrected chi connectivity index (χ1v) is 8.34. The second kappa shape index (κ2) is 6.61. The van der Waals surface area contributed by atoms with Crippen LogP contribution in [0.15, 0.2) is 40.9 Å². The molecule has 0 unspecified atom stereocenters. The summed E-state index contributed by atoms with van der Waals surface area (Å²) in [6.07, 6.45) is 2.85. The minimum absolute atomic E-state index is 0.0189. The molecule has 3 heteroatoms. The molecule has 0 aliphatic rings. The van der Waals surface area contributed by atoms with Crippen LogP contribution in [0, 0.1) is 0 Å². The highest BCUT2D eigenvalue weighted by molar-refractivity contribution is 9.10. The normalized spacial score (nSPS) is 11.6. The van der Waals surface area contributed by atoms with Crippen LogP contribution in [0.4, 0.5) is 0 Å². The Labute approximate surface area is 135 Å². The summed E-state index contributed by atoms with van der Waals surface area (Å²) in [4.78, 5) is 12.5. The highest BCUT2D eigenvalue weighted by Crippen LogP contribution is 2.23. The minimum atomic E-state index is -0.0915. The molecule has 0 fully saturated rings. The van der Waals surface area contributed by atoms with Crippen LogP contribution in [0.3, 0.4) is 0 Å². The van der Waals surface area contributed by atoms with E-state index in [0.717, 1.165) is 40.1 Å². The quantitative estimate of drug-likeness (QED) is 0.780. The summed E-state index contributed by atoms with van der Waals surface area (Å²) in [5, 5.41) is 5.44. The van der Waals surface area contributed by atoms with Crippen molar-refractivity contribution in [2.75, 3.05) is 0 Å². The van der Waals surface area contributed by atoms with Crippen molar-refractivity contribution in [2.45, 2.75) is 45.6 Å². The Morgan fingerprint density at radius 3 is 2.19 bits per heavy atom. The maximum absolute atomic E-state index is 12.5. The maximum Gasteiger partial charge on any atom is 0.251 e. The zero-order valence-electron chi connectivity index (χ0n) is 12.9. The lowest BCUT2D eigenvalue weighted by Gasteiger charge is -2.31. The first kappa shape index (κ1) is 16.0. The second-order valence-corrected chi connectivity index (χ2v) is 6.42. The summed E-state index contributed by atoms with van der Waals surface area (Å²) in [6.45, 7) is 6.39. The summed E-state index contributed by atoms with van der Waals surface area (Å²) in [7, 11) is 0. The van der Waals surface area contributed by atoms with Crippen molar-refractivity contribution in [1.29, 1.82) is 0 Å². The van der Waals surface area contributed by atoms with Crippen LogP contribution in [-0.4, -0.2) is 11.4 Å². The van der Waals surface area contributed by atoms with Gasteiger partial charge in [-0.3, -0.25) is 4.79 Å². The van der Waals surface area contributed by atoms with Crippen LogP contribution in [0.1, 0.15) is 50.4 Å². The molecule has 0 saturated carbocycles. The third kappa shape index (κ3) is 3.46. The molecule has 2 rings (SSSR count). The molecule has 1 N–H and O–H groups in total. The van der Waals surface area contributed by atoms with Gasteiger partial charge in [-0.25, -0.2) is 0 Å². The molecule has 21 heavy (non-hydrogen) atoms. The predicted octanol–water partition coefficient (Wildman–Crippen LogP) is 5.30. The number of nitrogens with one attached hydrogen (secondary N) is 1. The lowest BCUT2D eigenvalue weighted by atomic mass is 9.89. The fraction of sp³-hybridized carbons (Fsp3) is 0.389. The fourth-order valence-electron chi connectivity index (χ4n) is 2.69. The highest BCUT2D eigenvalue weighted by atomic mass is 79.9. The van der Waals surface area contributed by atoms with E-state index in [1.165, 1.54) is 0 Å². The van der Waals surface area contributed by atoms with E-state index in [9.17, 15) is 4.79 Å². The van der Waals surface area contributed by atoms with E-state index in [2.05, 4.69) is 48.1 Å². The summed E-state index contributed by atoms with van der Waals surface area (Å²) in [5.41, 5.74) is 0.635. The van der Waals surface area contributed by atoms with Gasteiger partial charge in [0.1, 0.15) is 0 Å². The van der Waals surface area contributed by atoms with Gasteiger partial charge >= 0.3 is 0 Å². The summed E-state index contributed by atoms with van der Waals surface area (Å²) in [5.74, 6) is 0.0189. The summed E-state index contributed by atoms with van der Waals surface area (Å²) in [6, 6.07) is 12.0. The fourth-order valence-corrected chi connectivity index (χ4v) is 3.06. The number of amides is 1. The molecule has 112 valence electrons. The van der Waals surface area contributed by atoms with Gasteiger partial charge in [0.2, 0.25) is 0 Å². The van der Waals surface area contributed by atoms with E-state index in [4.69, 9.17) is 0 Å². The number of benzene rings is 2. The van der Waals surface area contributed by atoms with E-state index >= 15 is 0 Å². The standard InChI is InChI=1S/C18H22BrNO/c1-4-18(5-2,6-3)20-17(21)15-8-7-14-12-16(19)10-9-13(14)11-15/h7-12H,4-6H2,1-3H3,(H,20,21). The van der Waals surface area contributed by atoms with E-state index in [-0.39, 0.29) is 11.4 Å². The van der Waals surface area contributed by atoms with Crippen LogP contribution in [0.2, 0.25) is 0 Å². The molecule has 0 bridgehead atoms. The molecule has 0 saturated heterocycles. The largest absolute Gasteiger partial charge is 0.347 e. The van der Waals surface area contributed by atoms with Crippen LogP contribution in [0.25, 0.3) is 10.8 Å². The molecule has 0 spiro atoms. The number of carbonyl (C=O) groups is 1. The molecule has 0 atom stereocenters. The molecular formula is C18H22BrNO. The Hall–Kier alpha value is -1.35. The van der Waals surface area contributed by atoms with Gasteiger partial charge in [0.25, 0.3) is 5.91 Å². The van der Waals surface area contributed by atoms with Crippen LogP contribution in [-0.2, 0) is 0 Å². The number of hydrogen-bond acceptors (Lipinski definition) is 1. The Balaban J connectivity index is 2.29. The van der Waals surface area contributed by atoms with Crippen molar-refractivity contribution in [3.8, 4) is 0 Å². The van der Waals surface area contributed by atoms with Gasteiger partial charge in [0.05, 0.1) is 0 Å². The lowest BCUT2D eigenvalue weighted by Crippen LogP contribution is -2.47. The number of rotatable bonds is 5. The number of hydrogen-bond donors (Lipinski definition) is 1. The van der Waals surface area contributed by atoms with E-state index in [1.54, 1.807) is 0 Å². The van der Waals surface area contributed by atoms with Crippen molar-refractivity contribution in [3.05, 3.63) is 46.4 Å². The predicted molar refractivity (Wildman–Crippen MR) is 92.7 cm³/mol. The molecule has 0 heterocycles. The summed E-state index contributed by atoms with van der Waals surface area (Å²) >= 11 is 3.47. The van der Waals surface area contributed by atoms with Crippen molar-refractivity contribution in [3.63, 3.8) is 0 Å². The molecule has 1 amide bonds. The molecule has 0 radical (unpaired) electrons. The first-order chi connectivity index (χ1) is 10.0. The van der Waals surface area contributed by atoms with Crippen molar-refractivity contribution >= 4 is 32.6 Å². The van der Waals surface area contributed by atoms with E-state index < -0.39 is 0 Å². The average Bonchev–Trinajstić information content (AvgIpc) is 2.52. The monoisotopic (exact) mass is 347 g/mol. The first-order valence-electron chi connectivity index (χ1n) is 7.55. The molecule has 2 aromatic carbocycles. The van der Waals surface area contributed by atoms with Crippen LogP contribution in [0.5, 0.6) is 0 Å². The Morgan fingerprint density at radius 2 is 1.57 bits per heavy atom. The Bertz CT molecular complexity index is 638. The number of fused-ring (bicyclic) bond motifs is 1. The van der Waals surface area contributed by atoms with Gasteiger partial charge in [-0.15, -0.1) is 0 Å². The second-order valence-electron chi connectivity index (χ2n) is 5.50. The molecule has 0 aliphatic carbocycles. The Kier molecular flexibility index (Phi) is 5.04. The van der Waals surface area contributed by atoms with E-state index in [0.29, 0.717) is 0 Å². The van der Waals surface area contributed by atoms with Crippen molar-refractivity contribution in [1.82, 2.24) is 5.32 Å². The van der Waals surface area contributed by atoms with Crippen LogP contribution >= 0.6 is 15.9 Å². The van der Waals surface area contributed by atoms with Gasteiger partial charge in [-0.05, 0) is 54.3 Å². The van der Waals surface area contributed by atoms with Crippen LogP contribution < -0.4 is 5.32 Å². The lowest BCUT2D eigenvalue weighted by molar-refractivity contribution is 0.0888. The minimum Gasteiger partial charge on any atom is -0.347 e. The van der Waals surface area contributed by atoms with E-state index in [1.807, 2.05) is 30.3 Å². The summed E-state index contributed by atoms with van der Waals surface area (Å²) < 4.78 is 1.05. The smallest absolute Gasteiger partial charge is 0.251 e. The average molecular weight is 348 g/mol. The molecule has 0 aliphatic heterocycles. The van der Waals surface area contributed by atoms with Gasteiger partial charge < -0.3 is 5.32 Å².